The molecule has 0 saturated heterocycles. The van der Waals surface area contributed by atoms with Gasteiger partial charge in [0.05, 0.1) is 0 Å². The molecule has 1 rings (SSSR count). The van der Waals surface area contributed by atoms with Crippen LogP contribution in [0.25, 0.3) is 0 Å². The maximum absolute atomic E-state index is 11.5. The third-order valence-electron chi connectivity index (χ3n) is 2.10. The minimum Gasteiger partial charge on any atom is -0.481 e. The average Bonchev–Trinajstić information content (AvgIpc) is 2.35. The topological polar surface area (TPSA) is 83.9 Å². The highest BCUT2D eigenvalue weighted by Gasteiger charge is 2.15. The van der Waals surface area contributed by atoms with E-state index in [0.717, 1.165) is 4.90 Å². The van der Waals surface area contributed by atoms with E-state index in [0.29, 0.717) is 12.2 Å². The van der Waals surface area contributed by atoms with Gasteiger partial charge in [-0.3, -0.25) is 9.59 Å². The van der Waals surface area contributed by atoms with E-state index in [9.17, 15) is 14.4 Å². The molecule has 6 heteroatoms. The van der Waals surface area contributed by atoms with Crippen LogP contribution < -0.4 is 4.74 Å². The number of carbonyl (C=O) groups excluding carboxylic acids is 2. The second-order valence-electron chi connectivity index (χ2n) is 3.48. The number of imide groups is 1. The van der Waals surface area contributed by atoms with Crippen LogP contribution in [0.1, 0.15) is 12.8 Å². The Bertz CT molecular complexity index is 418. The summed E-state index contributed by atoms with van der Waals surface area (Å²) in [7, 11) is 0. The molecule has 0 aliphatic rings. The predicted octanol–water partition coefficient (Wildman–Crippen LogP) is 1.51. The molecule has 0 unspecified atom stereocenters. The minimum absolute atomic E-state index is 0.0153. The molecule has 0 aliphatic heterocycles. The summed E-state index contributed by atoms with van der Waals surface area (Å²) >= 11 is 0. The molecule has 18 heavy (non-hydrogen) atoms. The Morgan fingerprint density at radius 3 is 2.50 bits per heavy atom. The van der Waals surface area contributed by atoms with Crippen LogP contribution in [0, 0.1) is 0 Å². The van der Waals surface area contributed by atoms with Crippen molar-refractivity contribution in [1.82, 2.24) is 4.90 Å². The molecule has 0 heterocycles. The Balaban J connectivity index is 2.47. The van der Waals surface area contributed by atoms with Crippen LogP contribution in [-0.4, -0.2) is 35.0 Å². The van der Waals surface area contributed by atoms with E-state index in [4.69, 9.17) is 9.84 Å². The molecule has 0 spiro atoms. The van der Waals surface area contributed by atoms with Gasteiger partial charge in [0.25, 0.3) is 0 Å². The second-order valence-corrected chi connectivity index (χ2v) is 3.48. The molecule has 0 aromatic heterocycles. The van der Waals surface area contributed by atoms with Crippen molar-refractivity contribution < 1.29 is 24.2 Å². The molecule has 2 amide bonds. The van der Waals surface area contributed by atoms with E-state index in [-0.39, 0.29) is 19.4 Å². The van der Waals surface area contributed by atoms with E-state index < -0.39 is 12.1 Å². The van der Waals surface area contributed by atoms with Crippen molar-refractivity contribution in [2.75, 3.05) is 6.54 Å². The van der Waals surface area contributed by atoms with Gasteiger partial charge in [-0.05, 0) is 18.6 Å². The number of amides is 2. The molecular formula is C12H13NO5. The number of ether oxygens (including phenoxy) is 1. The van der Waals surface area contributed by atoms with E-state index in [2.05, 4.69) is 0 Å². The fraction of sp³-hybridized carbons (Fsp3) is 0.250. The van der Waals surface area contributed by atoms with Crippen LogP contribution in [0.4, 0.5) is 4.79 Å². The monoisotopic (exact) mass is 251 g/mol. The summed E-state index contributed by atoms with van der Waals surface area (Å²) in [5.41, 5.74) is 0. The first-order valence-electron chi connectivity index (χ1n) is 5.34. The first-order chi connectivity index (χ1) is 8.63. The molecule has 0 fully saturated rings. The standard InChI is InChI=1S/C12H13NO5/c14-9-13(8-4-7-11(15)16)12(17)18-10-5-2-1-3-6-10/h1-3,5-6,9H,4,7-8H2,(H,15,16). The fourth-order valence-corrected chi connectivity index (χ4v) is 1.24. The third-order valence-corrected chi connectivity index (χ3v) is 2.10. The molecule has 1 aromatic carbocycles. The normalized spacial score (nSPS) is 9.56. The van der Waals surface area contributed by atoms with Crippen LogP contribution in [-0.2, 0) is 9.59 Å². The predicted molar refractivity (Wildman–Crippen MR) is 62.1 cm³/mol. The molecule has 0 radical (unpaired) electrons. The molecule has 6 nitrogen and oxygen atoms in total. The molecule has 1 N–H and O–H groups in total. The van der Waals surface area contributed by atoms with E-state index in [1.807, 2.05) is 0 Å². The Morgan fingerprint density at radius 1 is 1.28 bits per heavy atom. The summed E-state index contributed by atoms with van der Waals surface area (Å²) in [4.78, 5) is 33.3. The average molecular weight is 251 g/mol. The Hall–Kier alpha value is -2.37. The van der Waals surface area contributed by atoms with Gasteiger partial charge in [0.1, 0.15) is 5.75 Å². The number of aliphatic carboxylic acids is 1. The lowest BCUT2D eigenvalue weighted by molar-refractivity contribution is -0.137. The number of hydrogen-bond donors (Lipinski definition) is 1. The lowest BCUT2D eigenvalue weighted by atomic mass is 10.3. The van der Waals surface area contributed by atoms with Crippen molar-refractivity contribution in [3.8, 4) is 5.75 Å². The fourth-order valence-electron chi connectivity index (χ4n) is 1.24. The zero-order valence-electron chi connectivity index (χ0n) is 9.61. The Morgan fingerprint density at radius 2 is 1.94 bits per heavy atom. The summed E-state index contributed by atoms with van der Waals surface area (Å²) < 4.78 is 4.93. The highest BCUT2D eigenvalue weighted by Crippen LogP contribution is 2.10. The number of benzene rings is 1. The molecule has 0 aliphatic carbocycles. The van der Waals surface area contributed by atoms with Gasteiger partial charge in [-0.2, -0.15) is 0 Å². The van der Waals surface area contributed by atoms with Gasteiger partial charge >= 0.3 is 12.1 Å². The second kappa shape index (κ2) is 7.05. The molecule has 0 bridgehead atoms. The smallest absolute Gasteiger partial charge is 0.421 e. The maximum Gasteiger partial charge on any atom is 0.421 e. The van der Waals surface area contributed by atoms with Crippen molar-refractivity contribution >= 4 is 18.5 Å². The highest BCUT2D eigenvalue weighted by molar-refractivity contribution is 5.81. The van der Waals surface area contributed by atoms with Gasteiger partial charge in [-0.15, -0.1) is 0 Å². The van der Waals surface area contributed by atoms with Crippen LogP contribution in [0.3, 0.4) is 0 Å². The van der Waals surface area contributed by atoms with Gasteiger partial charge in [-0.25, -0.2) is 9.69 Å². The van der Waals surface area contributed by atoms with Gasteiger partial charge < -0.3 is 9.84 Å². The van der Waals surface area contributed by atoms with Crippen molar-refractivity contribution in [1.29, 1.82) is 0 Å². The van der Waals surface area contributed by atoms with Crippen molar-refractivity contribution in [2.45, 2.75) is 12.8 Å². The van der Waals surface area contributed by atoms with Gasteiger partial charge in [0.15, 0.2) is 0 Å². The molecule has 0 atom stereocenters. The third kappa shape index (κ3) is 4.65. The van der Waals surface area contributed by atoms with Crippen LogP contribution in [0.5, 0.6) is 5.75 Å². The van der Waals surface area contributed by atoms with Crippen molar-refractivity contribution in [3.63, 3.8) is 0 Å². The number of rotatable bonds is 6. The zero-order valence-corrected chi connectivity index (χ0v) is 9.61. The number of para-hydroxylation sites is 1. The quantitative estimate of drug-likeness (QED) is 0.775. The summed E-state index contributed by atoms with van der Waals surface area (Å²) in [5.74, 6) is -0.648. The summed E-state index contributed by atoms with van der Waals surface area (Å²) in [6.07, 6.45) is -0.407. The largest absolute Gasteiger partial charge is 0.481 e. The number of hydrogen-bond acceptors (Lipinski definition) is 4. The number of carboxylic acids is 1. The number of carboxylic acid groups (broad SMARTS) is 1. The SMILES string of the molecule is O=CN(CCCC(=O)O)C(=O)Oc1ccccc1. The molecule has 96 valence electrons. The molecule has 0 saturated carbocycles. The lowest BCUT2D eigenvalue weighted by Gasteiger charge is -2.14. The van der Waals surface area contributed by atoms with Crippen molar-refractivity contribution in [2.24, 2.45) is 0 Å². The van der Waals surface area contributed by atoms with Crippen molar-refractivity contribution in [3.05, 3.63) is 30.3 Å². The summed E-state index contributed by atoms with van der Waals surface area (Å²) in [6.45, 7) is 0.0153. The number of carbonyl (C=O) groups is 3. The van der Waals surface area contributed by atoms with E-state index in [1.54, 1.807) is 30.3 Å². The highest BCUT2D eigenvalue weighted by atomic mass is 16.6. The van der Waals surface area contributed by atoms with Crippen LogP contribution >= 0.6 is 0 Å². The van der Waals surface area contributed by atoms with Gasteiger partial charge in [0, 0.05) is 13.0 Å². The van der Waals surface area contributed by atoms with E-state index >= 15 is 0 Å². The van der Waals surface area contributed by atoms with Crippen LogP contribution in [0.2, 0.25) is 0 Å². The maximum atomic E-state index is 11.5. The lowest BCUT2D eigenvalue weighted by Crippen LogP contribution is -2.33. The number of nitrogens with zero attached hydrogens (tertiary/aromatic N) is 1. The van der Waals surface area contributed by atoms with E-state index in [1.165, 1.54) is 0 Å². The minimum atomic E-state index is -0.975. The Kier molecular flexibility index (Phi) is 5.37. The summed E-state index contributed by atoms with van der Waals surface area (Å²) in [5, 5.41) is 8.45. The Labute approximate surface area is 104 Å². The summed E-state index contributed by atoms with van der Waals surface area (Å²) in [6, 6.07) is 8.31. The first-order valence-corrected chi connectivity index (χ1v) is 5.34. The molecule has 1 aromatic rings. The van der Waals surface area contributed by atoms with Gasteiger partial charge in [-0.1, -0.05) is 18.2 Å². The zero-order chi connectivity index (χ0) is 13.4. The first kappa shape index (κ1) is 13.7. The van der Waals surface area contributed by atoms with Gasteiger partial charge in [0.2, 0.25) is 6.41 Å². The molecular weight excluding hydrogens is 238 g/mol. The van der Waals surface area contributed by atoms with Crippen LogP contribution in [0.15, 0.2) is 30.3 Å².